The van der Waals surface area contributed by atoms with Crippen LogP contribution in [-0.2, 0) is 14.8 Å². The van der Waals surface area contributed by atoms with E-state index in [9.17, 15) is 13.2 Å². The van der Waals surface area contributed by atoms with Gasteiger partial charge in [-0.25, -0.2) is 13.1 Å². The summed E-state index contributed by atoms with van der Waals surface area (Å²) in [6.45, 7) is 5.32. The van der Waals surface area contributed by atoms with Gasteiger partial charge in [0.1, 0.15) is 5.75 Å². The summed E-state index contributed by atoms with van der Waals surface area (Å²) in [5.41, 5.74) is -0.560. The quantitative estimate of drug-likeness (QED) is 0.833. The van der Waals surface area contributed by atoms with Crippen LogP contribution in [0.15, 0.2) is 29.2 Å². The Balaban J connectivity index is 2.73. The second kappa shape index (κ2) is 6.23. The molecular weight excluding hydrogens is 282 g/mol. The number of nitrogens with one attached hydrogen (secondary N) is 1. The Hall–Kier alpha value is -1.60. The summed E-state index contributed by atoms with van der Waals surface area (Å²) in [7, 11) is -3.57. The standard InChI is InChI=1S/C13H19NO5S/c1-13(2,3)14-20(17,18)11-6-4-10(5-7-11)19-9-8-12(15)16/h4-7,14H,8-9H2,1-3H3,(H,15,16). The fourth-order valence-corrected chi connectivity index (χ4v) is 2.85. The third kappa shape index (κ3) is 5.58. The van der Waals surface area contributed by atoms with Gasteiger partial charge < -0.3 is 9.84 Å². The number of hydrogen-bond acceptors (Lipinski definition) is 4. The lowest BCUT2D eigenvalue weighted by Gasteiger charge is -2.20. The highest BCUT2D eigenvalue weighted by Gasteiger charge is 2.21. The first-order chi connectivity index (χ1) is 9.10. The lowest BCUT2D eigenvalue weighted by molar-refractivity contribution is -0.137. The van der Waals surface area contributed by atoms with Crippen LogP contribution in [0.5, 0.6) is 5.75 Å². The minimum atomic E-state index is -3.57. The van der Waals surface area contributed by atoms with E-state index in [0.29, 0.717) is 5.75 Å². The van der Waals surface area contributed by atoms with Crippen LogP contribution in [0.1, 0.15) is 27.2 Å². The molecule has 0 radical (unpaired) electrons. The fraction of sp³-hybridized carbons (Fsp3) is 0.462. The first-order valence-corrected chi connectivity index (χ1v) is 7.57. The summed E-state index contributed by atoms with van der Waals surface area (Å²) < 4.78 is 31.8. The summed E-state index contributed by atoms with van der Waals surface area (Å²) in [5, 5.41) is 8.48. The Morgan fingerprint density at radius 1 is 1.25 bits per heavy atom. The van der Waals surface area contributed by atoms with Gasteiger partial charge in [-0.2, -0.15) is 0 Å². The van der Waals surface area contributed by atoms with E-state index >= 15 is 0 Å². The molecule has 0 spiro atoms. The lowest BCUT2D eigenvalue weighted by atomic mass is 10.1. The molecule has 0 atom stereocenters. The molecule has 0 unspecified atom stereocenters. The highest BCUT2D eigenvalue weighted by molar-refractivity contribution is 7.89. The van der Waals surface area contributed by atoms with Crippen LogP contribution >= 0.6 is 0 Å². The molecule has 20 heavy (non-hydrogen) atoms. The van der Waals surface area contributed by atoms with Crippen LogP contribution in [0.25, 0.3) is 0 Å². The Bertz CT molecular complexity index is 557. The molecule has 6 nitrogen and oxygen atoms in total. The number of carboxylic acids is 1. The number of rotatable bonds is 6. The van der Waals surface area contributed by atoms with Gasteiger partial charge >= 0.3 is 5.97 Å². The van der Waals surface area contributed by atoms with Crippen molar-refractivity contribution in [3.05, 3.63) is 24.3 Å². The van der Waals surface area contributed by atoms with Gasteiger partial charge in [-0.15, -0.1) is 0 Å². The van der Waals surface area contributed by atoms with E-state index in [1.807, 2.05) is 0 Å². The Morgan fingerprint density at radius 3 is 2.25 bits per heavy atom. The van der Waals surface area contributed by atoms with Crippen molar-refractivity contribution in [2.45, 2.75) is 37.6 Å². The zero-order chi connectivity index (χ0) is 15.4. The summed E-state index contributed by atoms with van der Waals surface area (Å²) in [6.07, 6.45) is -0.106. The largest absolute Gasteiger partial charge is 0.493 e. The van der Waals surface area contributed by atoms with Gasteiger partial charge in [-0.1, -0.05) is 0 Å². The molecule has 0 amide bonds. The fourth-order valence-electron chi connectivity index (χ4n) is 1.43. The topological polar surface area (TPSA) is 92.7 Å². The van der Waals surface area contributed by atoms with Gasteiger partial charge in [0, 0.05) is 5.54 Å². The van der Waals surface area contributed by atoms with Crippen LogP contribution in [0.3, 0.4) is 0 Å². The van der Waals surface area contributed by atoms with Gasteiger partial charge in [0.2, 0.25) is 10.0 Å². The molecule has 0 aliphatic rings. The first kappa shape index (κ1) is 16.5. The van der Waals surface area contributed by atoms with E-state index in [1.165, 1.54) is 24.3 Å². The van der Waals surface area contributed by atoms with Crippen molar-refractivity contribution in [2.75, 3.05) is 6.61 Å². The first-order valence-electron chi connectivity index (χ1n) is 6.09. The minimum absolute atomic E-state index is 0.0433. The number of hydrogen-bond donors (Lipinski definition) is 2. The van der Waals surface area contributed by atoms with Crippen molar-refractivity contribution in [1.82, 2.24) is 4.72 Å². The number of sulfonamides is 1. The van der Waals surface area contributed by atoms with E-state index < -0.39 is 21.5 Å². The smallest absolute Gasteiger partial charge is 0.306 e. The molecule has 1 rings (SSSR count). The maximum atomic E-state index is 12.0. The number of ether oxygens (including phenoxy) is 1. The highest BCUT2D eigenvalue weighted by Crippen LogP contribution is 2.17. The zero-order valence-electron chi connectivity index (χ0n) is 11.7. The van der Waals surface area contributed by atoms with E-state index in [4.69, 9.17) is 9.84 Å². The molecule has 1 aromatic rings. The molecule has 0 aliphatic heterocycles. The normalized spacial score (nSPS) is 12.2. The second-order valence-corrected chi connectivity index (χ2v) is 7.00. The molecule has 112 valence electrons. The molecular formula is C13H19NO5S. The van der Waals surface area contributed by atoms with Crippen LogP contribution < -0.4 is 9.46 Å². The van der Waals surface area contributed by atoms with Crippen molar-refractivity contribution < 1.29 is 23.1 Å². The molecule has 7 heteroatoms. The maximum Gasteiger partial charge on any atom is 0.306 e. The maximum absolute atomic E-state index is 12.0. The molecule has 0 saturated heterocycles. The van der Waals surface area contributed by atoms with Crippen molar-refractivity contribution in [1.29, 1.82) is 0 Å². The van der Waals surface area contributed by atoms with Crippen LogP contribution in [0.4, 0.5) is 0 Å². The predicted octanol–water partition coefficient (Wildman–Crippen LogP) is 1.62. The monoisotopic (exact) mass is 301 g/mol. The molecule has 1 aromatic carbocycles. The van der Waals surface area contributed by atoms with Gasteiger partial charge in [0.05, 0.1) is 17.9 Å². The lowest BCUT2D eigenvalue weighted by Crippen LogP contribution is -2.40. The van der Waals surface area contributed by atoms with Gasteiger partial charge in [0.25, 0.3) is 0 Å². The number of carboxylic acid groups (broad SMARTS) is 1. The van der Waals surface area contributed by atoms with Crippen LogP contribution in [0, 0.1) is 0 Å². The van der Waals surface area contributed by atoms with E-state index in [1.54, 1.807) is 20.8 Å². The van der Waals surface area contributed by atoms with Crippen molar-refractivity contribution in [2.24, 2.45) is 0 Å². The Kier molecular flexibility index (Phi) is 5.13. The molecule has 0 fully saturated rings. The molecule has 2 N–H and O–H groups in total. The van der Waals surface area contributed by atoms with E-state index in [-0.39, 0.29) is 17.9 Å². The van der Waals surface area contributed by atoms with Crippen LogP contribution in [-0.4, -0.2) is 31.6 Å². The third-order valence-electron chi connectivity index (χ3n) is 2.16. The summed E-state index contributed by atoms with van der Waals surface area (Å²) in [6, 6.07) is 5.84. The molecule has 0 heterocycles. The van der Waals surface area contributed by atoms with Gasteiger partial charge in [0.15, 0.2) is 0 Å². The van der Waals surface area contributed by atoms with E-state index in [2.05, 4.69) is 4.72 Å². The average Bonchev–Trinajstić information content (AvgIpc) is 2.26. The summed E-state index contributed by atoms with van der Waals surface area (Å²) in [5.74, 6) is -0.514. The van der Waals surface area contributed by atoms with Gasteiger partial charge in [-0.3, -0.25) is 4.79 Å². The summed E-state index contributed by atoms with van der Waals surface area (Å²) >= 11 is 0. The average molecular weight is 301 g/mol. The van der Waals surface area contributed by atoms with E-state index in [0.717, 1.165) is 0 Å². The number of benzene rings is 1. The molecule has 0 bridgehead atoms. The molecule has 0 saturated carbocycles. The predicted molar refractivity (Wildman–Crippen MR) is 74.3 cm³/mol. The van der Waals surface area contributed by atoms with Crippen LogP contribution in [0.2, 0.25) is 0 Å². The summed E-state index contributed by atoms with van der Waals surface area (Å²) in [4.78, 5) is 10.5. The van der Waals surface area contributed by atoms with Crippen molar-refractivity contribution in [3.8, 4) is 5.75 Å². The Labute approximate surface area is 118 Å². The van der Waals surface area contributed by atoms with Gasteiger partial charge in [-0.05, 0) is 45.0 Å². The molecule has 0 aliphatic carbocycles. The minimum Gasteiger partial charge on any atom is -0.493 e. The number of carbonyl (C=O) groups is 1. The zero-order valence-corrected chi connectivity index (χ0v) is 12.5. The number of aliphatic carboxylic acids is 1. The third-order valence-corrected chi connectivity index (χ3v) is 3.93. The van der Waals surface area contributed by atoms with Crippen molar-refractivity contribution in [3.63, 3.8) is 0 Å². The SMILES string of the molecule is CC(C)(C)NS(=O)(=O)c1ccc(OCCC(=O)O)cc1. The Morgan fingerprint density at radius 2 is 1.80 bits per heavy atom. The highest BCUT2D eigenvalue weighted by atomic mass is 32.2. The second-order valence-electron chi connectivity index (χ2n) is 5.32. The molecule has 0 aromatic heterocycles. The van der Waals surface area contributed by atoms with Crippen molar-refractivity contribution >= 4 is 16.0 Å².